The number of nitrogens with one attached hydrogen (secondary N) is 1. The van der Waals surface area contributed by atoms with E-state index in [9.17, 15) is 27.2 Å². The van der Waals surface area contributed by atoms with Gasteiger partial charge in [0.05, 0.1) is 5.56 Å². The van der Waals surface area contributed by atoms with Crippen molar-refractivity contribution in [2.45, 2.75) is 75.4 Å². The van der Waals surface area contributed by atoms with E-state index in [2.05, 4.69) is 5.32 Å². The molecule has 1 aliphatic carbocycles. The van der Waals surface area contributed by atoms with Gasteiger partial charge in [0.25, 0.3) is 15.9 Å². The third-order valence-electron chi connectivity index (χ3n) is 7.02. The smallest absolute Gasteiger partial charge is 0.269 e. The van der Waals surface area contributed by atoms with Crippen LogP contribution in [-0.4, -0.2) is 54.0 Å². The number of amides is 3. The maximum atomic E-state index is 13.4. The van der Waals surface area contributed by atoms with E-state index < -0.39 is 27.8 Å². The van der Waals surface area contributed by atoms with Crippen molar-refractivity contribution in [2.75, 3.05) is 6.54 Å². The summed E-state index contributed by atoms with van der Waals surface area (Å²) in [5.41, 5.74) is 0.802. The first-order valence-corrected chi connectivity index (χ1v) is 14.2. The van der Waals surface area contributed by atoms with Crippen molar-refractivity contribution in [3.05, 3.63) is 65.5 Å². The summed E-state index contributed by atoms with van der Waals surface area (Å²) < 4.78 is 39.9. The number of nitrogens with zero attached hydrogens (tertiary/aromatic N) is 2. The van der Waals surface area contributed by atoms with Gasteiger partial charge in [-0.1, -0.05) is 44.0 Å². The van der Waals surface area contributed by atoms with Crippen molar-refractivity contribution in [3.63, 3.8) is 0 Å². The lowest BCUT2D eigenvalue weighted by atomic mass is 10.1. The summed E-state index contributed by atoms with van der Waals surface area (Å²) in [6, 6.07) is 11.2. The van der Waals surface area contributed by atoms with Gasteiger partial charge >= 0.3 is 0 Å². The molecule has 0 spiro atoms. The van der Waals surface area contributed by atoms with Crippen LogP contribution < -0.4 is 5.32 Å². The zero-order valence-corrected chi connectivity index (χ0v) is 21.7. The molecule has 0 unspecified atom stereocenters. The molecule has 0 aromatic heterocycles. The molecule has 3 amide bonds. The van der Waals surface area contributed by atoms with Crippen LogP contribution in [0.3, 0.4) is 0 Å². The quantitative estimate of drug-likeness (QED) is 0.506. The molecule has 1 fully saturated rings. The van der Waals surface area contributed by atoms with Crippen LogP contribution in [-0.2, 0) is 26.2 Å². The fourth-order valence-corrected chi connectivity index (χ4v) is 6.65. The normalized spacial score (nSPS) is 17.5. The van der Waals surface area contributed by atoms with Gasteiger partial charge < -0.3 is 10.2 Å². The second kappa shape index (κ2) is 11.4. The Morgan fingerprint density at radius 3 is 2.43 bits per heavy atom. The highest BCUT2D eigenvalue weighted by molar-refractivity contribution is 7.90. The van der Waals surface area contributed by atoms with E-state index >= 15 is 0 Å². The number of hydrogen-bond acceptors (Lipinski definition) is 5. The zero-order chi connectivity index (χ0) is 26.6. The lowest BCUT2D eigenvalue weighted by molar-refractivity contribution is -0.141. The molecule has 0 saturated heterocycles. The molecule has 37 heavy (non-hydrogen) atoms. The van der Waals surface area contributed by atoms with E-state index in [1.165, 1.54) is 29.2 Å². The summed E-state index contributed by atoms with van der Waals surface area (Å²) in [5, 5.41) is 3.06. The van der Waals surface area contributed by atoms with Gasteiger partial charge in [0.1, 0.15) is 16.8 Å². The highest BCUT2D eigenvalue weighted by atomic mass is 32.2. The van der Waals surface area contributed by atoms with E-state index in [1.54, 1.807) is 24.3 Å². The summed E-state index contributed by atoms with van der Waals surface area (Å²) in [6.07, 6.45) is 4.38. The maximum absolute atomic E-state index is 13.4. The number of carbonyl (C=O) groups excluding carboxylic acids is 3. The molecule has 4 rings (SSSR count). The minimum atomic E-state index is -3.96. The molecule has 1 heterocycles. The minimum Gasteiger partial charge on any atom is -0.352 e. The molecule has 2 aliphatic rings. The number of hydrogen-bond donors (Lipinski definition) is 1. The minimum absolute atomic E-state index is 0.0288. The predicted octanol–water partition coefficient (Wildman–Crippen LogP) is 3.62. The lowest BCUT2D eigenvalue weighted by Gasteiger charge is -2.31. The fourth-order valence-electron chi connectivity index (χ4n) is 5.04. The predicted molar refractivity (Wildman–Crippen MR) is 135 cm³/mol. The summed E-state index contributed by atoms with van der Waals surface area (Å²) in [6.45, 7) is 1.80. The number of rotatable bonds is 10. The Morgan fingerprint density at radius 1 is 1.11 bits per heavy atom. The van der Waals surface area contributed by atoms with Gasteiger partial charge in [0, 0.05) is 25.6 Å². The Bertz CT molecular complexity index is 1260. The summed E-state index contributed by atoms with van der Waals surface area (Å²) >= 11 is 0. The average Bonchev–Trinajstić information content (AvgIpc) is 3.46. The molecule has 10 heteroatoms. The van der Waals surface area contributed by atoms with Crippen LogP contribution >= 0.6 is 0 Å². The van der Waals surface area contributed by atoms with Crippen LogP contribution in [0.2, 0.25) is 0 Å². The first-order valence-electron chi connectivity index (χ1n) is 12.7. The molecule has 0 bridgehead atoms. The van der Waals surface area contributed by atoms with Crippen LogP contribution in [0.4, 0.5) is 4.39 Å². The van der Waals surface area contributed by atoms with Gasteiger partial charge in [-0.15, -0.1) is 0 Å². The van der Waals surface area contributed by atoms with Crippen molar-refractivity contribution >= 4 is 27.7 Å². The zero-order valence-electron chi connectivity index (χ0n) is 20.9. The van der Waals surface area contributed by atoms with Crippen molar-refractivity contribution < 1.29 is 27.2 Å². The number of sulfonamides is 1. The van der Waals surface area contributed by atoms with Gasteiger partial charge in [-0.25, -0.2) is 17.1 Å². The number of benzene rings is 2. The van der Waals surface area contributed by atoms with Gasteiger partial charge in [-0.2, -0.15) is 0 Å². The second-order valence-corrected chi connectivity index (χ2v) is 11.4. The Hall–Kier alpha value is -3.27. The number of fused-ring (bicyclic) bond motifs is 1. The van der Waals surface area contributed by atoms with Crippen molar-refractivity contribution in [1.82, 2.24) is 14.5 Å². The van der Waals surface area contributed by atoms with Crippen LogP contribution in [0.25, 0.3) is 0 Å². The van der Waals surface area contributed by atoms with Crippen molar-refractivity contribution in [1.29, 1.82) is 0 Å². The Kier molecular flexibility index (Phi) is 8.26. The van der Waals surface area contributed by atoms with Gasteiger partial charge in [-0.3, -0.25) is 14.4 Å². The van der Waals surface area contributed by atoms with E-state index in [4.69, 9.17) is 0 Å². The number of carbonyl (C=O) groups is 3. The Morgan fingerprint density at radius 2 is 1.78 bits per heavy atom. The number of halogens is 1. The van der Waals surface area contributed by atoms with Crippen LogP contribution in [0.5, 0.6) is 0 Å². The van der Waals surface area contributed by atoms with E-state index in [1.807, 2.05) is 6.92 Å². The first-order chi connectivity index (χ1) is 17.7. The molecule has 1 N–H and O–H groups in total. The molecule has 2 aromatic rings. The standard InChI is InChI=1S/C27H32FN3O5S/c1-2-23(26(33)29-21-8-3-4-9-21)30(18-19-13-15-20(28)16-14-19)25(32)12-7-17-31-27(34)22-10-5-6-11-24(22)37(31,35)36/h5-6,10-11,13-16,21,23H,2-4,7-9,12,17-18H2,1H3,(H,29,33)/t23-/m1/s1. The highest BCUT2D eigenvalue weighted by Gasteiger charge is 2.40. The van der Waals surface area contributed by atoms with E-state index in [-0.39, 0.29) is 54.2 Å². The molecule has 1 atom stereocenters. The van der Waals surface area contributed by atoms with Crippen molar-refractivity contribution in [3.8, 4) is 0 Å². The molecule has 1 saturated carbocycles. The van der Waals surface area contributed by atoms with Crippen molar-refractivity contribution in [2.24, 2.45) is 0 Å². The van der Waals surface area contributed by atoms with Gasteiger partial charge in [0.15, 0.2) is 0 Å². The highest BCUT2D eigenvalue weighted by Crippen LogP contribution is 2.30. The third kappa shape index (κ3) is 5.84. The van der Waals surface area contributed by atoms with Gasteiger partial charge in [0.2, 0.25) is 11.8 Å². The summed E-state index contributed by atoms with van der Waals surface area (Å²) in [4.78, 5) is 40.7. The van der Waals surface area contributed by atoms with Crippen LogP contribution in [0, 0.1) is 5.82 Å². The monoisotopic (exact) mass is 529 g/mol. The first kappa shape index (κ1) is 26.8. The molecular formula is C27H32FN3O5S. The largest absolute Gasteiger partial charge is 0.352 e. The Balaban J connectivity index is 1.46. The molecule has 0 radical (unpaired) electrons. The lowest BCUT2D eigenvalue weighted by Crippen LogP contribution is -2.51. The maximum Gasteiger partial charge on any atom is 0.269 e. The summed E-state index contributed by atoms with van der Waals surface area (Å²) in [7, 11) is -3.96. The third-order valence-corrected chi connectivity index (χ3v) is 8.86. The Labute approximate surface area is 216 Å². The molecule has 2 aromatic carbocycles. The topological polar surface area (TPSA) is 104 Å². The average molecular weight is 530 g/mol. The molecule has 8 nitrogen and oxygen atoms in total. The molecular weight excluding hydrogens is 497 g/mol. The summed E-state index contributed by atoms with van der Waals surface area (Å²) in [5.74, 6) is -1.56. The molecule has 198 valence electrons. The molecule has 1 aliphatic heterocycles. The van der Waals surface area contributed by atoms with Crippen LogP contribution in [0.1, 0.15) is 67.8 Å². The SMILES string of the molecule is CC[C@H](C(=O)NC1CCCC1)N(Cc1ccc(F)cc1)C(=O)CCCN1C(=O)c2ccccc2S1(=O)=O. The van der Waals surface area contributed by atoms with Crippen LogP contribution in [0.15, 0.2) is 53.4 Å². The van der Waals surface area contributed by atoms with Gasteiger partial charge in [-0.05, 0) is 55.5 Å². The second-order valence-electron chi connectivity index (χ2n) is 9.54. The fraction of sp³-hybridized carbons (Fsp3) is 0.444. The van der Waals surface area contributed by atoms with E-state index in [0.29, 0.717) is 12.0 Å². The van der Waals surface area contributed by atoms with E-state index in [0.717, 1.165) is 30.0 Å².